The monoisotopic (exact) mass is 273 g/mol. The van der Waals surface area contributed by atoms with Gasteiger partial charge in [0.1, 0.15) is 5.78 Å². The minimum atomic E-state index is -0.502. The molecule has 0 aromatic heterocycles. The van der Waals surface area contributed by atoms with Crippen molar-refractivity contribution in [2.45, 2.75) is 25.7 Å². The van der Waals surface area contributed by atoms with Crippen LogP contribution in [0.25, 0.3) is 6.08 Å². The molecule has 1 aromatic carbocycles. The number of Topliss-reactive ketones (excluding diaryl/α,β-unsaturated/α-hetero) is 1. The molecular weight excluding hydrogens is 258 g/mol. The molecule has 0 bridgehead atoms. The second kappa shape index (κ2) is 6.23. The molecule has 1 aliphatic rings. The number of allylic oxidation sites excluding steroid dienone is 1. The van der Waals surface area contributed by atoms with Crippen LogP contribution >= 0.6 is 0 Å². The first-order chi connectivity index (χ1) is 9.58. The molecule has 1 fully saturated rings. The standard InChI is InChI=1S/C15H15NO4/c17-14-4-2-1-3-13(14)15(18)10-7-11-5-8-12(9-6-11)16(19)20/h5-10,13H,1-4H2/b10-7+. The summed E-state index contributed by atoms with van der Waals surface area (Å²) in [6, 6.07) is 5.92. The highest BCUT2D eigenvalue weighted by molar-refractivity contribution is 6.09. The predicted molar refractivity (Wildman–Crippen MR) is 74.1 cm³/mol. The number of hydrogen-bond donors (Lipinski definition) is 0. The number of rotatable bonds is 4. The lowest BCUT2D eigenvalue weighted by Gasteiger charge is -2.17. The molecule has 0 N–H and O–H groups in total. The summed E-state index contributed by atoms with van der Waals surface area (Å²) >= 11 is 0. The Morgan fingerprint density at radius 2 is 1.95 bits per heavy atom. The summed E-state index contributed by atoms with van der Waals surface area (Å²) < 4.78 is 0. The molecule has 1 atom stereocenters. The summed E-state index contributed by atoms with van der Waals surface area (Å²) in [5, 5.41) is 10.5. The van der Waals surface area contributed by atoms with Crippen LogP contribution in [0.3, 0.4) is 0 Å². The third-order valence-corrected chi connectivity index (χ3v) is 3.44. The van der Waals surface area contributed by atoms with E-state index < -0.39 is 10.8 Å². The van der Waals surface area contributed by atoms with Crippen molar-refractivity contribution < 1.29 is 14.5 Å². The molecule has 0 radical (unpaired) electrons. The number of carbonyl (C=O) groups is 2. The van der Waals surface area contributed by atoms with Crippen molar-refractivity contribution in [2.75, 3.05) is 0 Å². The molecule has 20 heavy (non-hydrogen) atoms. The average molecular weight is 273 g/mol. The van der Waals surface area contributed by atoms with Crippen LogP contribution in [0, 0.1) is 16.0 Å². The van der Waals surface area contributed by atoms with Crippen molar-refractivity contribution in [3.05, 3.63) is 46.0 Å². The van der Waals surface area contributed by atoms with Crippen molar-refractivity contribution in [1.29, 1.82) is 0 Å². The van der Waals surface area contributed by atoms with Crippen molar-refractivity contribution >= 4 is 23.3 Å². The summed E-state index contributed by atoms with van der Waals surface area (Å²) in [5.74, 6) is -0.652. The fourth-order valence-corrected chi connectivity index (χ4v) is 2.29. The molecule has 0 aliphatic heterocycles. The van der Waals surface area contributed by atoms with Gasteiger partial charge in [-0.3, -0.25) is 19.7 Å². The highest BCUT2D eigenvalue weighted by Gasteiger charge is 2.26. The topological polar surface area (TPSA) is 77.3 Å². The van der Waals surface area contributed by atoms with Crippen LogP contribution in [0.5, 0.6) is 0 Å². The van der Waals surface area contributed by atoms with E-state index >= 15 is 0 Å². The van der Waals surface area contributed by atoms with E-state index in [-0.39, 0.29) is 17.3 Å². The molecule has 0 spiro atoms. The molecule has 2 rings (SSSR count). The zero-order valence-electron chi connectivity index (χ0n) is 11.0. The lowest BCUT2D eigenvalue weighted by Crippen LogP contribution is -2.25. The molecule has 0 amide bonds. The van der Waals surface area contributed by atoms with E-state index in [0.29, 0.717) is 18.4 Å². The van der Waals surface area contributed by atoms with Gasteiger partial charge in [-0.05, 0) is 36.6 Å². The van der Waals surface area contributed by atoms with E-state index in [9.17, 15) is 19.7 Å². The first-order valence-corrected chi connectivity index (χ1v) is 6.57. The van der Waals surface area contributed by atoms with Gasteiger partial charge in [0, 0.05) is 18.6 Å². The van der Waals surface area contributed by atoms with Gasteiger partial charge in [0.15, 0.2) is 5.78 Å². The normalized spacial score (nSPS) is 19.2. The molecule has 1 aliphatic carbocycles. The zero-order valence-corrected chi connectivity index (χ0v) is 11.0. The molecule has 0 heterocycles. The van der Waals surface area contributed by atoms with Gasteiger partial charge < -0.3 is 0 Å². The maximum Gasteiger partial charge on any atom is 0.269 e. The van der Waals surface area contributed by atoms with Crippen molar-refractivity contribution in [1.82, 2.24) is 0 Å². The first-order valence-electron chi connectivity index (χ1n) is 6.57. The molecule has 5 nitrogen and oxygen atoms in total. The number of non-ortho nitro benzene ring substituents is 1. The smallest absolute Gasteiger partial charge is 0.269 e. The number of nitro benzene ring substituents is 1. The molecule has 1 unspecified atom stereocenters. The average Bonchev–Trinajstić information content (AvgIpc) is 2.45. The van der Waals surface area contributed by atoms with E-state index in [4.69, 9.17) is 0 Å². The van der Waals surface area contributed by atoms with Gasteiger partial charge in [0.2, 0.25) is 0 Å². The molecular formula is C15H15NO4. The van der Waals surface area contributed by atoms with Gasteiger partial charge >= 0.3 is 0 Å². The second-order valence-corrected chi connectivity index (χ2v) is 4.85. The van der Waals surface area contributed by atoms with E-state index in [1.165, 1.54) is 18.2 Å². The fraction of sp³-hybridized carbons (Fsp3) is 0.333. The lowest BCUT2D eigenvalue weighted by atomic mass is 9.85. The molecule has 5 heteroatoms. The van der Waals surface area contributed by atoms with Crippen molar-refractivity contribution in [2.24, 2.45) is 5.92 Å². The van der Waals surface area contributed by atoms with Gasteiger partial charge in [-0.15, -0.1) is 0 Å². The zero-order chi connectivity index (χ0) is 14.5. The van der Waals surface area contributed by atoms with E-state index in [2.05, 4.69) is 0 Å². The van der Waals surface area contributed by atoms with Crippen LogP contribution in [0.1, 0.15) is 31.2 Å². The number of hydrogen-bond acceptors (Lipinski definition) is 4. The van der Waals surface area contributed by atoms with Crippen LogP contribution in [0.4, 0.5) is 5.69 Å². The van der Waals surface area contributed by atoms with E-state index in [1.54, 1.807) is 18.2 Å². The van der Waals surface area contributed by atoms with E-state index in [1.807, 2.05) is 0 Å². The third kappa shape index (κ3) is 3.38. The Kier molecular flexibility index (Phi) is 4.40. The largest absolute Gasteiger partial charge is 0.299 e. The van der Waals surface area contributed by atoms with Gasteiger partial charge in [0.25, 0.3) is 5.69 Å². The molecule has 1 saturated carbocycles. The number of nitro groups is 1. The Hall–Kier alpha value is -2.30. The Balaban J connectivity index is 2.03. The SMILES string of the molecule is O=C(/C=C/c1ccc([N+](=O)[O-])cc1)C1CCCCC1=O. The summed E-state index contributed by atoms with van der Waals surface area (Å²) in [5.41, 5.74) is 0.711. The Labute approximate surface area is 116 Å². The van der Waals surface area contributed by atoms with E-state index in [0.717, 1.165) is 12.8 Å². The maximum atomic E-state index is 11.9. The number of nitrogens with zero attached hydrogens (tertiary/aromatic N) is 1. The highest BCUT2D eigenvalue weighted by atomic mass is 16.6. The van der Waals surface area contributed by atoms with Gasteiger partial charge in [-0.25, -0.2) is 0 Å². The number of carbonyl (C=O) groups excluding carboxylic acids is 2. The van der Waals surface area contributed by atoms with Crippen molar-refractivity contribution in [3.8, 4) is 0 Å². The fourth-order valence-electron chi connectivity index (χ4n) is 2.29. The predicted octanol–water partition coefficient (Wildman–Crippen LogP) is 2.94. The highest BCUT2D eigenvalue weighted by Crippen LogP contribution is 2.22. The van der Waals surface area contributed by atoms with Crippen LogP contribution < -0.4 is 0 Å². The lowest BCUT2D eigenvalue weighted by molar-refractivity contribution is -0.384. The number of benzene rings is 1. The minimum absolute atomic E-state index is 0.0101. The first kappa shape index (κ1) is 14.1. The molecule has 1 aromatic rings. The quantitative estimate of drug-likeness (QED) is 0.366. The van der Waals surface area contributed by atoms with Crippen LogP contribution in [0.2, 0.25) is 0 Å². The second-order valence-electron chi connectivity index (χ2n) is 4.85. The maximum absolute atomic E-state index is 11.9. The van der Waals surface area contributed by atoms with Crippen LogP contribution in [-0.2, 0) is 9.59 Å². The van der Waals surface area contributed by atoms with Gasteiger partial charge in [0.05, 0.1) is 10.8 Å². The molecule has 0 saturated heterocycles. The summed E-state index contributed by atoms with van der Waals surface area (Å²) in [4.78, 5) is 33.6. The Morgan fingerprint density at radius 1 is 1.25 bits per heavy atom. The third-order valence-electron chi connectivity index (χ3n) is 3.44. The van der Waals surface area contributed by atoms with Crippen molar-refractivity contribution in [3.63, 3.8) is 0 Å². The van der Waals surface area contributed by atoms with Crippen LogP contribution in [-0.4, -0.2) is 16.5 Å². The van der Waals surface area contributed by atoms with Crippen LogP contribution in [0.15, 0.2) is 30.3 Å². The summed E-state index contributed by atoms with van der Waals surface area (Å²) in [6.45, 7) is 0. The van der Waals surface area contributed by atoms with Gasteiger partial charge in [-0.2, -0.15) is 0 Å². The number of ketones is 2. The van der Waals surface area contributed by atoms with Gasteiger partial charge in [-0.1, -0.05) is 12.5 Å². The Bertz CT molecular complexity index is 560. The summed E-state index contributed by atoms with van der Waals surface area (Å²) in [7, 11) is 0. The minimum Gasteiger partial charge on any atom is -0.299 e. The Morgan fingerprint density at radius 3 is 2.55 bits per heavy atom. The summed E-state index contributed by atoms with van der Waals surface area (Å²) in [6.07, 6.45) is 5.88. The molecule has 104 valence electrons.